The number of likely N-dealkylation sites (tertiary alicyclic amines) is 1. The number of benzene rings is 1. The topological polar surface area (TPSA) is 20.3 Å². The summed E-state index contributed by atoms with van der Waals surface area (Å²) in [5.41, 5.74) is 0.923. The second kappa shape index (κ2) is 7.67. The number of carbonyl (C=O) groups excluding carboxylic acids is 1. The van der Waals surface area contributed by atoms with Gasteiger partial charge in [-0.1, -0.05) is 45.2 Å². The predicted octanol–water partition coefficient (Wildman–Crippen LogP) is 4.56. The van der Waals surface area contributed by atoms with Crippen molar-refractivity contribution < 1.29 is 4.79 Å². The normalized spacial score (nSPS) is 19.1. The third kappa shape index (κ3) is 4.37. The largest absolute Gasteiger partial charge is 0.342 e. The van der Waals surface area contributed by atoms with E-state index >= 15 is 0 Å². The summed E-state index contributed by atoms with van der Waals surface area (Å²) in [5, 5.41) is 2.04. The molecule has 0 radical (unpaired) electrons. The maximum absolute atomic E-state index is 12.4. The number of rotatable bonds is 4. The van der Waals surface area contributed by atoms with E-state index in [2.05, 4.69) is 15.9 Å². The van der Waals surface area contributed by atoms with Gasteiger partial charge in [0.1, 0.15) is 0 Å². The zero-order valence-corrected chi connectivity index (χ0v) is 14.3. The van der Waals surface area contributed by atoms with E-state index in [9.17, 15) is 4.79 Å². The minimum atomic E-state index is 0.183. The molecule has 1 aromatic rings. The van der Waals surface area contributed by atoms with Gasteiger partial charge >= 0.3 is 0 Å². The van der Waals surface area contributed by atoms with Crippen molar-refractivity contribution >= 4 is 45.0 Å². The number of alkyl halides is 1. The maximum atomic E-state index is 12.4. The lowest BCUT2D eigenvalue weighted by atomic mass is 9.95. The van der Waals surface area contributed by atoms with Crippen LogP contribution in [0.1, 0.15) is 24.8 Å². The number of piperidine rings is 1. The molecule has 5 heteroatoms. The van der Waals surface area contributed by atoms with E-state index in [1.54, 1.807) is 12.1 Å². The van der Waals surface area contributed by atoms with E-state index in [1.807, 2.05) is 11.0 Å². The molecular weight excluding hydrogens is 361 g/mol. The Morgan fingerprint density at radius 1 is 1.35 bits per heavy atom. The molecule has 1 amide bonds. The van der Waals surface area contributed by atoms with Crippen LogP contribution in [0.2, 0.25) is 10.0 Å². The van der Waals surface area contributed by atoms with E-state index in [-0.39, 0.29) is 5.91 Å². The van der Waals surface area contributed by atoms with Gasteiger partial charge in [0.2, 0.25) is 5.91 Å². The van der Waals surface area contributed by atoms with Crippen molar-refractivity contribution in [3.05, 3.63) is 33.8 Å². The highest BCUT2D eigenvalue weighted by Gasteiger charge is 2.23. The average molecular weight is 379 g/mol. The quantitative estimate of drug-likeness (QED) is 0.703. The SMILES string of the molecule is O=C(Cc1ccc(Cl)c(Cl)c1)N1CCCC(CCBr)C1. The lowest BCUT2D eigenvalue weighted by Gasteiger charge is -2.32. The van der Waals surface area contributed by atoms with E-state index in [0.717, 1.165) is 36.8 Å². The van der Waals surface area contributed by atoms with Crippen molar-refractivity contribution in [2.24, 2.45) is 5.92 Å². The van der Waals surface area contributed by atoms with Crippen molar-refractivity contribution in [1.82, 2.24) is 4.90 Å². The molecule has 1 aliphatic heterocycles. The number of carbonyl (C=O) groups is 1. The standard InChI is InChI=1S/C15H18BrCl2NO/c16-6-5-11-2-1-7-19(10-11)15(20)9-12-3-4-13(17)14(18)8-12/h3-4,8,11H,1-2,5-7,9-10H2. The predicted molar refractivity (Wildman–Crippen MR) is 87.9 cm³/mol. The molecule has 0 N–H and O–H groups in total. The minimum absolute atomic E-state index is 0.183. The fourth-order valence-electron chi connectivity index (χ4n) is 2.62. The Morgan fingerprint density at radius 3 is 2.85 bits per heavy atom. The lowest BCUT2D eigenvalue weighted by Crippen LogP contribution is -2.40. The van der Waals surface area contributed by atoms with Gasteiger partial charge in [-0.25, -0.2) is 0 Å². The van der Waals surface area contributed by atoms with Gasteiger partial charge in [-0.2, -0.15) is 0 Å². The number of amides is 1. The second-order valence-corrected chi connectivity index (χ2v) is 6.86. The Balaban J connectivity index is 1.95. The Bertz CT molecular complexity index is 479. The third-order valence-corrected chi connectivity index (χ3v) is 4.93. The van der Waals surface area contributed by atoms with Crippen LogP contribution in [-0.2, 0) is 11.2 Å². The Kier molecular flexibility index (Phi) is 6.19. The highest BCUT2D eigenvalue weighted by molar-refractivity contribution is 9.09. The van der Waals surface area contributed by atoms with Crippen molar-refractivity contribution in [2.75, 3.05) is 18.4 Å². The molecule has 0 bridgehead atoms. The van der Waals surface area contributed by atoms with Crippen LogP contribution in [-0.4, -0.2) is 29.2 Å². The molecule has 1 fully saturated rings. The molecule has 2 nitrogen and oxygen atoms in total. The monoisotopic (exact) mass is 377 g/mol. The first-order valence-corrected chi connectivity index (χ1v) is 8.75. The molecule has 0 aromatic heterocycles. The van der Waals surface area contributed by atoms with Gasteiger partial charge < -0.3 is 4.90 Å². The molecule has 1 heterocycles. The van der Waals surface area contributed by atoms with Crippen molar-refractivity contribution in [2.45, 2.75) is 25.7 Å². The van der Waals surface area contributed by atoms with Gasteiger partial charge in [-0.3, -0.25) is 4.79 Å². The molecule has 0 saturated carbocycles. The summed E-state index contributed by atoms with van der Waals surface area (Å²) in [6.07, 6.45) is 3.86. The molecule has 0 spiro atoms. The Labute approximate surface area is 138 Å². The summed E-state index contributed by atoms with van der Waals surface area (Å²) in [5.74, 6) is 0.809. The fraction of sp³-hybridized carbons (Fsp3) is 0.533. The molecular formula is C15H18BrCl2NO. The van der Waals surface area contributed by atoms with Crippen LogP contribution < -0.4 is 0 Å². The summed E-state index contributed by atoms with van der Waals surface area (Å²) in [6.45, 7) is 1.75. The summed E-state index contributed by atoms with van der Waals surface area (Å²) in [6, 6.07) is 5.39. The number of nitrogens with zero attached hydrogens (tertiary/aromatic N) is 1. The second-order valence-electron chi connectivity index (χ2n) is 5.25. The first kappa shape index (κ1) is 16.1. The van der Waals surface area contributed by atoms with E-state index in [0.29, 0.717) is 22.4 Å². The third-order valence-electron chi connectivity index (χ3n) is 3.73. The van der Waals surface area contributed by atoms with Crippen LogP contribution in [0.3, 0.4) is 0 Å². The van der Waals surface area contributed by atoms with Gasteiger partial charge in [0, 0.05) is 18.4 Å². The smallest absolute Gasteiger partial charge is 0.226 e. The van der Waals surface area contributed by atoms with Crippen LogP contribution in [0.4, 0.5) is 0 Å². The summed E-state index contributed by atoms with van der Waals surface area (Å²) >= 11 is 15.4. The molecule has 1 aromatic carbocycles. The van der Waals surface area contributed by atoms with Crippen LogP contribution in [0.25, 0.3) is 0 Å². The van der Waals surface area contributed by atoms with E-state index < -0.39 is 0 Å². The van der Waals surface area contributed by atoms with Crippen LogP contribution >= 0.6 is 39.1 Å². The Hall–Kier alpha value is -0.250. The van der Waals surface area contributed by atoms with Crippen molar-refractivity contribution in [3.8, 4) is 0 Å². The molecule has 0 aliphatic carbocycles. The number of hydrogen-bond donors (Lipinski definition) is 0. The van der Waals surface area contributed by atoms with Gasteiger partial charge in [0.25, 0.3) is 0 Å². The zero-order valence-electron chi connectivity index (χ0n) is 11.2. The van der Waals surface area contributed by atoms with Crippen LogP contribution in [0.5, 0.6) is 0 Å². The molecule has 2 rings (SSSR count). The molecule has 20 heavy (non-hydrogen) atoms. The highest BCUT2D eigenvalue weighted by Crippen LogP contribution is 2.24. The van der Waals surface area contributed by atoms with E-state index in [1.165, 1.54) is 6.42 Å². The maximum Gasteiger partial charge on any atom is 0.226 e. The number of hydrogen-bond acceptors (Lipinski definition) is 1. The molecule has 1 unspecified atom stereocenters. The first-order valence-electron chi connectivity index (χ1n) is 6.88. The molecule has 110 valence electrons. The van der Waals surface area contributed by atoms with Gasteiger partial charge in [0.15, 0.2) is 0 Å². The van der Waals surface area contributed by atoms with Gasteiger partial charge in [-0.15, -0.1) is 0 Å². The average Bonchev–Trinajstić information content (AvgIpc) is 2.43. The van der Waals surface area contributed by atoms with Gasteiger partial charge in [0.05, 0.1) is 16.5 Å². The van der Waals surface area contributed by atoms with Crippen molar-refractivity contribution in [3.63, 3.8) is 0 Å². The molecule has 1 atom stereocenters. The lowest BCUT2D eigenvalue weighted by molar-refractivity contribution is -0.132. The van der Waals surface area contributed by atoms with Crippen molar-refractivity contribution in [1.29, 1.82) is 0 Å². The number of halogens is 3. The van der Waals surface area contributed by atoms with Gasteiger partial charge in [-0.05, 0) is 42.9 Å². The van der Waals surface area contributed by atoms with Crippen LogP contribution in [0, 0.1) is 5.92 Å². The Morgan fingerprint density at radius 2 is 2.15 bits per heavy atom. The first-order chi connectivity index (χ1) is 9.60. The van der Waals surface area contributed by atoms with Crippen LogP contribution in [0.15, 0.2) is 18.2 Å². The summed E-state index contributed by atoms with van der Waals surface area (Å²) in [7, 11) is 0. The molecule has 1 aliphatic rings. The zero-order chi connectivity index (χ0) is 14.5. The highest BCUT2D eigenvalue weighted by atomic mass is 79.9. The fourth-order valence-corrected chi connectivity index (χ4v) is 3.59. The molecule has 1 saturated heterocycles. The summed E-state index contributed by atoms with van der Waals surface area (Å²) < 4.78 is 0. The summed E-state index contributed by atoms with van der Waals surface area (Å²) in [4.78, 5) is 14.3. The minimum Gasteiger partial charge on any atom is -0.342 e. The van der Waals surface area contributed by atoms with E-state index in [4.69, 9.17) is 23.2 Å².